The minimum atomic E-state index is 0.250. The molecule has 0 atom stereocenters. The molecule has 1 aromatic rings. The Morgan fingerprint density at radius 2 is 1.62 bits per heavy atom. The predicted molar refractivity (Wildman–Crippen MR) is 57.9 cm³/mol. The summed E-state index contributed by atoms with van der Waals surface area (Å²) in [5.41, 5.74) is 7.49. The van der Waals surface area contributed by atoms with Gasteiger partial charge in [0, 0.05) is 32.1 Å². The standard InChI is InChI=1S/C8H12N2.C2H6O/c1-10(2)8-5-3-7(9)4-6-8;1-2-3/h3-6H,9H2,1-2H3;3H,2H2,1H3. The van der Waals surface area contributed by atoms with E-state index in [0.717, 1.165) is 5.69 Å². The summed E-state index contributed by atoms with van der Waals surface area (Å²) < 4.78 is 0. The molecule has 0 saturated heterocycles. The van der Waals surface area contributed by atoms with Crippen molar-refractivity contribution < 1.29 is 5.11 Å². The molecule has 0 fully saturated rings. The van der Waals surface area contributed by atoms with Gasteiger partial charge in [-0.2, -0.15) is 0 Å². The Bertz CT molecular complexity index is 219. The van der Waals surface area contributed by atoms with Crippen LogP contribution in [-0.2, 0) is 0 Å². The van der Waals surface area contributed by atoms with E-state index in [4.69, 9.17) is 10.8 Å². The summed E-state index contributed by atoms with van der Waals surface area (Å²) in [7, 11) is 4.01. The van der Waals surface area contributed by atoms with Gasteiger partial charge in [0.2, 0.25) is 0 Å². The fraction of sp³-hybridized carbons (Fsp3) is 0.400. The van der Waals surface area contributed by atoms with Gasteiger partial charge in [0.15, 0.2) is 0 Å². The first-order chi connectivity index (χ1) is 6.11. The van der Waals surface area contributed by atoms with Crippen molar-refractivity contribution in [3.05, 3.63) is 24.3 Å². The highest BCUT2D eigenvalue weighted by atomic mass is 16.2. The summed E-state index contributed by atoms with van der Waals surface area (Å²) in [5, 5.41) is 7.57. The van der Waals surface area contributed by atoms with Gasteiger partial charge in [-0.15, -0.1) is 0 Å². The molecule has 0 aromatic heterocycles. The van der Waals surface area contributed by atoms with Gasteiger partial charge in [-0.3, -0.25) is 0 Å². The number of hydrogen-bond acceptors (Lipinski definition) is 3. The van der Waals surface area contributed by atoms with Gasteiger partial charge in [-0.25, -0.2) is 0 Å². The molecule has 0 spiro atoms. The van der Waals surface area contributed by atoms with Gasteiger partial charge in [0.05, 0.1) is 0 Å². The van der Waals surface area contributed by atoms with E-state index in [-0.39, 0.29) is 6.61 Å². The van der Waals surface area contributed by atoms with Crippen LogP contribution in [0.15, 0.2) is 24.3 Å². The quantitative estimate of drug-likeness (QED) is 0.644. The number of anilines is 2. The lowest BCUT2D eigenvalue weighted by Crippen LogP contribution is -2.08. The fourth-order valence-electron chi connectivity index (χ4n) is 0.772. The molecule has 0 aliphatic carbocycles. The number of rotatable bonds is 1. The van der Waals surface area contributed by atoms with Crippen LogP contribution in [0.25, 0.3) is 0 Å². The molecule has 0 aliphatic rings. The zero-order valence-electron chi connectivity index (χ0n) is 8.49. The molecule has 0 heterocycles. The van der Waals surface area contributed by atoms with Crippen molar-refractivity contribution in [3.8, 4) is 0 Å². The van der Waals surface area contributed by atoms with Crippen molar-refractivity contribution >= 4 is 11.4 Å². The molecular formula is C10H18N2O. The summed E-state index contributed by atoms with van der Waals surface area (Å²) in [6, 6.07) is 7.79. The molecule has 0 unspecified atom stereocenters. The Morgan fingerprint density at radius 1 is 1.23 bits per heavy atom. The molecule has 1 aromatic carbocycles. The second kappa shape index (κ2) is 6.31. The van der Waals surface area contributed by atoms with Crippen LogP contribution in [-0.4, -0.2) is 25.8 Å². The maximum absolute atomic E-state index is 7.57. The summed E-state index contributed by atoms with van der Waals surface area (Å²) in [5.74, 6) is 0. The molecule has 0 radical (unpaired) electrons. The number of nitrogens with two attached hydrogens (primary N) is 1. The summed E-state index contributed by atoms with van der Waals surface area (Å²) in [4.78, 5) is 2.04. The highest BCUT2D eigenvalue weighted by Crippen LogP contribution is 2.12. The van der Waals surface area contributed by atoms with Gasteiger partial charge in [-0.05, 0) is 31.2 Å². The maximum Gasteiger partial charge on any atom is 0.0402 e. The van der Waals surface area contributed by atoms with Crippen molar-refractivity contribution in [2.45, 2.75) is 6.92 Å². The van der Waals surface area contributed by atoms with Crippen molar-refractivity contribution in [3.63, 3.8) is 0 Å². The van der Waals surface area contributed by atoms with Crippen LogP contribution >= 0.6 is 0 Å². The third kappa shape index (κ3) is 5.09. The van der Waals surface area contributed by atoms with Crippen molar-refractivity contribution in [2.75, 3.05) is 31.3 Å². The van der Waals surface area contributed by atoms with E-state index < -0.39 is 0 Å². The van der Waals surface area contributed by atoms with Crippen LogP contribution in [0.4, 0.5) is 11.4 Å². The fourth-order valence-corrected chi connectivity index (χ4v) is 0.772. The van der Waals surface area contributed by atoms with Crippen LogP contribution in [0.5, 0.6) is 0 Å². The molecule has 3 heteroatoms. The maximum atomic E-state index is 7.57. The minimum absolute atomic E-state index is 0.250. The lowest BCUT2D eigenvalue weighted by atomic mass is 10.3. The van der Waals surface area contributed by atoms with E-state index in [0.29, 0.717) is 0 Å². The Kier molecular flexibility index (Phi) is 5.72. The number of aliphatic hydroxyl groups excluding tert-OH is 1. The Hall–Kier alpha value is -1.22. The van der Waals surface area contributed by atoms with Gasteiger partial charge < -0.3 is 15.7 Å². The first-order valence-corrected chi connectivity index (χ1v) is 4.25. The predicted octanol–water partition coefficient (Wildman–Crippen LogP) is 1.33. The molecule has 0 bridgehead atoms. The topological polar surface area (TPSA) is 49.5 Å². The van der Waals surface area contributed by atoms with E-state index in [1.165, 1.54) is 5.69 Å². The summed E-state index contributed by atoms with van der Waals surface area (Å²) in [6.07, 6.45) is 0. The minimum Gasteiger partial charge on any atom is -0.399 e. The number of benzene rings is 1. The molecule has 3 nitrogen and oxygen atoms in total. The SMILES string of the molecule is CCO.CN(C)c1ccc(N)cc1. The highest BCUT2D eigenvalue weighted by Gasteiger charge is 1.91. The molecular weight excluding hydrogens is 164 g/mol. The van der Waals surface area contributed by atoms with Crippen LogP contribution in [0.2, 0.25) is 0 Å². The van der Waals surface area contributed by atoms with E-state index in [2.05, 4.69) is 0 Å². The van der Waals surface area contributed by atoms with Crippen LogP contribution in [0.1, 0.15) is 6.92 Å². The summed E-state index contributed by atoms with van der Waals surface area (Å²) >= 11 is 0. The monoisotopic (exact) mass is 182 g/mol. The Morgan fingerprint density at radius 3 is 1.92 bits per heavy atom. The molecule has 74 valence electrons. The lowest BCUT2D eigenvalue weighted by Gasteiger charge is -2.11. The first-order valence-electron chi connectivity index (χ1n) is 4.25. The van der Waals surface area contributed by atoms with Crippen molar-refractivity contribution in [1.82, 2.24) is 0 Å². The molecule has 3 N–H and O–H groups in total. The summed E-state index contributed by atoms with van der Waals surface area (Å²) in [6.45, 7) is 1.93. The Labute approximate surface area is 79.8 Å². The van der Waals surface area contributed by atoms with E-state index in [9.17, 15) is 0 Å². The lowest BCUT2D eigenvalue weighted by molar-refractivity contribution is 0.318. The second-order valence-corrected chi connectivity index (χ2v) is 2.80. The smallest absolute Gasteiger partial charge is 0.0402 e. The molecule has 0 saturated carbocycles. The third-order valence-electron chi connectivity index (χ3n) is 1.41. The van der Waals surface area contributed by atoms with Gasteiger partial charge in [0.25, 0.3) is 0 Å². The van der Waals surface area contributed by atoms with Crippen LogP contribution < -0.4 is 10.6 Å². The molecule has 0 aliphatic heterocycles. The third-order valence-corrected chi connectivity index (χ3v) is 1.41. The van der Waals surface area contributed by atoms with E-state index in [1.54, 1.807) is 6.92 Å². The zero-order chi connectivity index (χ0) is 10.3. The van der Waals surface area contributed by atoms with Gasteiger partial charge in [0.1, 0.15) is 0 Å². The van der Waals surface area contributed by atoms with E-state index in [1.807, 2.05) is 43.3 Å². The average molecular weight is 182 g/mol. The zero-order valence-corrected chi connectivity index (χ0v) is 8.49. The number of aliphatic hydroxyl groups is 1. The molecule has 13 heavy (non-hydrogen) atoms. The molecule has 1 rings (SSSR count). The molecule has 0 amide bonds. The van der Waals surface area contributed by atoms with Crippen LogP contribution in [0.3, 0.4) is 0 Å². The Balaban J connectivity index is 0.000000424. The largest absolute Gasteiger partial charge is 0.399 e. The number of nitrogen functional groups attached to an aromatic ring is 1. The first kappa shape index (κ1) is 11.8. The van der Waals surface area contributed by atoms with Gasteiger partial charge >= 0.3 is 0 Å². The number of hydrogen-bond donors (Lipinski definition) is 2. The average Bonchev–Trinajstić information content (AvgIpc) is 2.06. The van der Waals surface area contributed by atoms with E-state index >= 15 is 0 Å². The van der Waals surface area contributed by atoms with Crippen LogP contribution in [0, 0.1) is 0 Å². The van der Waals surface area contributed by atoms with Crippen molar-refractivity contribution in [1.29, 1.82) is 0 Å². The highest BCUT2D eigenvalue weighted by molar-refractivity contribution is 5.51. The normalized spacial score (nSPS) is 8.62. The second-order valence-electron chi connectivity index (χ2n) is 2.80. The van der Waals surface area contributed by atoms with Gasteiger partial charge in [-0.1, -0.05) is 0 Å². The number of nitrogens with zero attached hydrogens (tertiary/aromatic N) is 1. The van der Waals surface area contributed by atoms with Crippen molar-refractivity contribution in [2.24, 2.45) is 0 Å².